The zero-order valence-corrected chi connectivity index (χ0v) is 10.7. The molecule has 0 bridgehead atoms. The number of hydrogen-bond acceptors (Lipinski definition) is 2. The smallest absolute Gasteiger partial charge is 0.132 e. The zero-order valence-electron chi connectivity index (χ0n) is 10.7. The van der Waals surface area contributed by atoms with Gasteiger partial charge in [-0.1, -0.05) is 12.1 Å². The lowest BCUT2D eigenvalue weighted by molar-refractivity contribution is 0.214. The Bertz CT molecular complexity index is 597. The van der Waals surface area contributed by atoms with Crippen LogP contribution < -0.4 is 4.74 Å². The average molecular weight is 264 g/mol. The van der Waals surface area contributed by atoms with E-state index in [-0.39, 0.29) is 5.56 Å². The van der Waals surface area contributed by atoms with E-state index in [2.05, 4.69) is 0 Å². The van der Waals surface area contributed by atoms with Crippen molar-refractivity contribution in [3.63, 3.8) is 0 Å². The average Bonchev–Trinajstić information content (AvgIpc) is 2.42. The van der Waals surface area contributed by atoms with E-state index in [0.717, 1.165) is 6.07 Å². The Morgan fingerprint density at radius 1 is 1.11 bits per heavy atom. The minimum Gasteiger partial charge on any atom is -0.497 e. The normalized spacial score (nSPS) is 12.3. The van der Waals surface area contributed by atoms with Crippen molar-refractivity contribution in [3.05, 3.63) is 64.7 Å². The van der Waals surface area contributed by atoms with E-state index in [1.807, 2.05) is 0 Å². The molecule has 0 aliphatic heterocycles. The SMILES string of the molecule is COc1cccc(C(O)c2cc(C)c(F)cc2F)c1. The van der Waals surface area contributed by atoms with Crippen LogP contribution in [-0.2, 0) is 0 Å². The largest absolute Gasteiger partial charge is 0.497 e. The molecule has 4 heteroatoms. The van der Waals surface area contributed by atoms with Crippen molar-refractivity contribution < 1.29 is 18.6 Å². The van der Waals surface area contributed by atoms with Gasteiger partial charge < -0.3 is 9.84 Å². The molecule has 1 unspecified atom stereocenters. The maximum absolute atomic E-state index is 13.7. The monoisotopic (exact) mass is 264 g/mol. The fraction of sp³-hybridized carbons (Fsp3) is 0.200. The zero-order chi connectivity index (χ0) is 14.0. The van der Waals surface area contributed by atoms with Crippen molar-refractivity contribution in [1.29, 1.82) is 0 Å². The molecular weight excluding hydrogens is 250 g/mol. The molecule has 0 spiro atoms. The predicted octanol–water partition coefficient (Wildman–Crippen LogP) is 3.36. The van der Waals surface area contributed by atoms with Crippen molar-refractivity contribution >= 4 is 0 Å². The van der Waals surface area contributed by atoms with Gasteiger partial charge in [0.1, 0.15) is 23.5 Å². The van der Waals surface area contributed by atoms with Gasteiger partial charge in [0.2, 0.25) is 0 Å². The van der Waals surface area contributed by atoms with Gasteiger partial charge in [0, 0.05) is 11.6 Å². The molecule has 0 fully saturated rings. The lowest BCUT2D eigenvalue weighted by atomic mass is 9.99. The van der Waals surface area contributed by atoms with Crippen LogP contribution in [0.2, 0.25) is 0 Å². The van der Waals surface area contributed by atoms with Crippen molar-refractivity contribution in [3.8, 4) is 5.75 Å². The maximum atomic E-state index is 13.7. The Labute approximate surface area is 110 Å². The highest BCUT2D eigenvalue weighted by Gasteiger charge is 2.17. The summed E-state index contributed by atoms with van der Waals surface area (Å²) in [6.07, 6.45) is -1.16. The first kappa shape index (κ1) is 13.5. The van der Waals surface area contributed by atoms with Gasteiger partial charge in [0.15, 0.2) is 0 Å². The van der Waals surface area contributed by atoms with E-state index >= 15 is 0 Å². The summed E-state index contributed by atoms with van der Waals surface area (Å²) in [6.45, 7) is 1.52. The molecule has 1 atom stereocenters. The molecule has 1 N–H and O–H groups in total. The van der Waals surface area contributed by atoms with Crippen LogP contribution in [0.25, 0.3) is 0 Å². The molecule has 100 valence electrons. The van der Waals surface area contributed by atoms with Crippen molar-refractivity contribution in [2.75, 3.05) is 7.11 Å². The number of hydrogen-bond donors (Lipinski definition) is 1. The minimum atomic E-state index is -1.16. The van der Waals surface area contributed by atoms with Crippen molar-refractivity contribution in [1.82, 2.24) is 0 Å². The summed E-state index contributed by atoms with van der Waals surface area (Å²) in [6, 6.07) is 8.80. The molecule has 0 aromatic heterocycles. The second kappa shape index (κ2) is 5.36. The molecule has 0 radical (unpaired) electrons. The van der Waals surface area contributed by atoms with Gasteiger partial charge in [-0.05, 0) is 36.2 Å². The predicted molar refractivity (Wildman–Crippen MR) is 68.2 cm³/mol. The highest BCUT2D eigenvalue weighted by molar-refractivity contribution is 5.37. The van der Waals surface area contributed by atoms with E-state index in [0.29, 0.717) is 16.9 Å². The summed E-state index contributed by atoms with van der Waals surface area (Å²) >= 11 is 0. The highest BCUT2D eigenvalue weighted by Crippen LogP contribution is 2.28. The maximum Gasteiger partial charge on any atom is 0.132 e. The van der Waals surface area contributed by atoms with Crippen molar-refractivity contribution in [2.24, 2.45) is 0 Å². The van der Waals surface area contributed by atoms with Crippen LogP contribution in [-0.4, -0.2) is 12.2 Å². The first-order valence-electron chi connectivity index (χ1n) is 5.80. The van der Waals surface area contributed by atoms with Crippen LogP contribution in [0, 0.1) is 18.6 Å². The Kier molecular flexibility index (Phi) is 3.81. The van der Waals surface area contributed by atoms with Gasteiger partial charge in [0.25, 0.3) is 0 Å². The number of halogens is 2. The molecule has 0 aliphatic rings. The summed E-state index contributed by atoms with van der Waals surface area (Å²) in [4.78, 5) is 0. The van der Waals surface area contributed by atoms with Gasteiger partial charge in [-0.2, -0.15) is 0 Å². The standard InChI is InChI=1S/C15H14F2O2/c1-9-6-12(14(17)8-13(9)16)15(18)10-4-3-5-11(7-10)19-2/h3-8,15,18H,1-2H3. The van der Waals surface area contributed by atoms with Crippen LogP contribution in [0.3, 0.4) is 0 Å². The van der Waals surface area contributed by atoms with E-state index in [4.69, 9.17) is 4.74 Å². The number of methoxy groups -OCH3 is 1. The molecule has 0 saturated heterocycles. The van der Waals surface area contributed by atoms with Gasteiger partial charge in [-0.3, -0.25) is 0 Å². The fourth-order valence-electron chi connectivity index (χ4n) is 1.88. The second-order valence-corrected chi connectivity index (χ2v) is 4.30. The summed E-state index contributed by atoms with van der Waals surface area (Å²) in [5.74, 6) is -0.826. The van der Waals surface area contributed by atoms with Crippen LogP contribution in [0.5, 0.6) is 5.75 Å². The Morgan fingerprint density at radius 3 is 2.53 bits per heavy atom. The molecular formula is C15H14F2O2. The third kappa shape index (κ3) is 2.74. The van der Waals surface area contributed by atoms with Crippen LogP contribution in [0.4, 0.5) is 8.78 Å². The summed E-state index contributed by atoms with van der Waals surface area (Å²) in [5.41, 5.74) is 0.828. The van der Waals surface area contributed by atoms with Gasteiger partial charge in [-0.15, -0.1) is 0 Å². The first-order valence-corrected chi connectivity index (χ1v) is 5.80. The van der Waals surface area contributed by atoms with E-state index in [1.54, 1.807) is 24.3 Å². The molecule has 2 rings (SSSR count). The van der Waals surface area contributed by atoms with Crippen LogP contribution in [0.15, 0.2) is 36.4 Å². The van der Waals surface area contributed by atoms with Crippen molar-refractivity contribution in [2.45, 2.75) is 13.0 Å². The lowest BCUT2D eigenvalue weighted by Gasteiger charge is -2.14. The molecule has 0 amide bonds. The third-order valence-electron chi connectivity index (χ3n) is 2.98. The lowest BCUT2D eigenvalue weighted by Crippen LogP contribution is -2.04. The third-order valence-corrected chi connectivity index (χ3v) is 2.98. The first-order chi connectivity index (χ1) is 9.02. The van der Waals surface area contributed by atoms with Crippen LogP contribution in [0.1, 0.15) is 22.8 Å². The number of aliphatic hydroxyl groups excluding tert-OH is 1. The Balaban J connectivity index is 2.43. The summed E-state index contributed by atoms with van der Waals surface area (Å²) < 4.78 is 32.0. The number of aryl methyl sites for hydroxylation is 1. The van der Waals surface area contributed by atoms with Crippen LogP contribution >= 0.6 is 0 Å². The summed E-state index contributed by atoms with van der Waals surface area (Å²) in [7, 11) is 1.51. The number of rotatable bonds is 3. The highest BCUT2D eigenvalue weighted by atomic mass is 19.1. The van der Waals surface area contributed by atoms with E-state index in [1.165, 1.54) is 20.1 Å². The molecule has 0 heterocycles. The molecule has 2 aromatic carbocycles. The molecule has 19 heavy (non-hydrogen) atoms. The topological polar surface area (TPSA) is 29.5 Å². The second-order valence-electron chi connectivity index (χ2n) is 4.30. The number of ether oxygens (including phenoxy) is 1. The summed E-state index contributed by atoms with van der Waals surface area (Å²) in [5, 5.41) is 10.2. The quantitative estimate of drug-likeness (QED) is 0.921. The molecule has 2 nitrogen and oxygen atoms in total. The van der Waals surface area contributed by atoms with Gasteiger partial charge >= 0.3 is 0 Å². The molecule has 2 aromatic rings. The number of benzene rings is 2. The Hall–Kier alpha value is -1.94. The molecule has 0 aliphatic carbocycles. The molecule has 0 saturated carbocycles. The van der Waals surface area contributed by atoms with E-state index < -0.39 is 17.7 Å². The Morgan fingerprint density at radius 2 is 1.84 bits per heavy atom. The van der Waals surface area contributed by atoms with Gasteiger partial charge in [-0.25, -0.2) is 8.78 Å². The fourth-order valence-corrected chi connectivity index (χ4v) is 1.88. The minimum absolute atomic E-state index is 0.0483. The van der Waals surface area contributed by atoms with E-state index in [9.17, 15) is 13.9 Å². The number of aliphatic hydroxyl groups is 1. The van der Waals surface area contributed by atoms with Gasteiger partial charge in [0.05, 0.1) is 7.11 Å².